The molecule has 0 saturated heterocycles. The van der Waals surface area contributed by atoms with Crippen molar-refractivity contribution in [2.45, 2.75) is 26.7 Å². The van der Waals surface area contributed by atoms with Crippen molar-refractivity contribution < 1.29 is 14.3 Å². The van der Waals surface area contributed by atoms with Crippen LogP contribution >= 0.6 is 11.6 Å². The van der Waals surface area contributed by atoms with Crippen LogP contribution in [0.2, 0.25) is 5.02 Å². The number of carbonyl (C=O) groups is 2. The van der Waals surface area contributed by atoms with E-state index in [0.29, 0.717) is 27.7 Å². The van der Waals surface area contributed by atoms with Gasteiger partial charge in [0.15, 0.2) is 11.5 Å². The number of ether oxygens (including phenoxy) is 1. The molecule has 0 aliphatic heterocycles. The van der Waals surface area contributed by atoms with Crippen LogP contribution in [-0.2, 0) is 0 Å². The minimum Gasteiger partial charge on any atom is -0.495 e. The number of carbonyl (C=O) groups excluding carboxylic acids is 2. The molecule has 0 bridgehead atoms. The fourth-order valence-electron chi connectivity index (χ4n) is 2.95. The van der Waals surface area contributed by atoms with Crippen molar-refractivity contribution in [3.63, 3.8) is 0 Å². The highest BCUT2D eigenvalue weighted by Crippen LogP contribution is 2.28. The molecule has 0 aliphatic rings. The fraction of sp³-hybridized carbons (Fsp3) is 0.238. The van der Waals surface area contributed by atoms with Crippen LogP contribution in [0.15, 0.2) is 42.5 Å². The number of rotatable bonds is 6. The summed E-state index contributed by atoms with van der Waals surface area (Å²) in [7, 11) is 1.49. The first-order valence-electron chi connectivity index (χ1n) is 9.03. The Bertz CT molecular complexity index is 1060. The molecule has 0 saturated carbocycles. The molecular formula is C21H21ClN4O3. The number of anilines is 1. The van der Waals surface area contributed by atoms with Gasteiger partial charge in [-0.05, 0) is 55.3 Å². The Labute approximate surface area is 173 Å². The average Bonchev–Trinajstić information content (AvgIpc) is 3.14. The molecule has 3 rings (SSSR count). The van der Waals surface area contributed by atoms with E-state index >= 15 is 0 Å². The number of Topliss-reactive ketones (excluding diaryl/α,β-unsaturated/α-hetero) is 1. The Morgan fingerprint density at radius 2 is 1.83 bits per heavy atom. The van der Waals surface area contributed by atoms with E-state index in [1.54, 1.807) is 35.0 Å². The van der Waals surface area contributed by atoms with Crippen molar-refractivity contribution in [2.75, 3.05) is 12.4 Å². The van der Waals surface area contributed by atoms with Crippen LogP contribution in [0.1, 0.15) is 53.2 Å². The number of nitrogens with one attached hydrogen (secondary N) is 1. The van der Waals surface area contributed by atoms with Gasteiger partial charge in [0.1, 0.15) is 5.75 Å². The Morgan fingerprint density at radius 1 is 1.14 bits per heavy atom. The van der Waals surface area contributed by atoms with Gasteiger partial charge in [-0.25, -0.2) is 4.68 Å². The smallest absolute Gasteiger partial charge is 0.278 e. The topological polar surface area (TPSA) is 86.1 Å². The van der Waals surface area contributed by atoms with Gasteiger partial charge in [-0.15, -0.1) is 5.10 Å². The summed E-state index contributed by atoms with van der Waals surface area (Å²) in [6, 6.07) is 12.0. The van der Waals surface area contributed by atoms with Crippen LogP contribution in [-0.4, -0.2) is 33.8 Å². The first kappa shape index (κ1) is 20.5. The zero-order chi connectivity index (χ0) is 21.1. The van der Waals surface area contributed by atoms with Crippen molar-refractivity contribution in [3.05, 3.63) is 64.4 Å². The second kappa shape index (κ2) is 8.45. The maximum Gasteiger partial charge on any atom is 0.278 e. The molecule has 3 aromatic rings. The molecule has 1 heterocycles. The quantitative estimate of drug-likeness (QED) is 0.602. The molecular weight excluding hydrogens is 392 g/mol. The van der Waals surface area contributed by atoms with Crippen molar-refractivity contribution in [2.24, 2.45) is 0 Å². The highest BCUT2D eigenvalue weighted by molar-refractivity contribution is 6.30. The first-order chi connectivity index (χ1) is 13.8. The molecule has 1 aromatic heterocycles. The van der Waals surface area contributed by atoms with Gasteiger partial charge in [0.05, 0.1) is 24.2 Å². The van der Waals surface area contributed by atoms with Gasteiger partial charge in [0.25, 0.3) is 5.91 Å². The molecule has 1 N–H and O–H groups in total. The van der Waals surface area contributed by atoms with Crippen molar-refractivity contribution >= 4 is 29.0 Å². The van der Waals surface area contributed by atoms with Gasteiger partial charge in [-0.1, -0.05) is 30.7 Å². The van der Waals surface area contributed by atoms with E-state index in [9.17, 15) is 9.59 Å². The van der Waals surface area contributed by atoms with Crippen LogP contribution in [0, 0.1) is 0 Å². The molecule has 0 radical (unpaired) electrons. The summed E-state index contributed by atoms with van der Waals surface area (Å²) in [4.78, 5) is 24.7. The maximum atomic E-state index is 13.0. The summed E-state index contributed by atoms with van der Waals surface area (Å²) in [5, 5.41) is 11.7. The summed E-state index contributed by atoms with van der Waals surface area (Å²) in [5.74, 6) is -0.126. The predicted octanol–water partition coefficient (Wildman–Crippen LogP) is 4.51. The van der Waals surface area contributed by atoms with Crippen LogP contribution in [0.25, 0.3) is 5.69 Å². The number of hydrogen-bond donors (Lipinski definition) is 1. The normalized spacial score (nSPS) is 10.8. The Morgan fingerprint density at radius 3 is 2.41 bits per heavy atom. The second-order valence-corrected chi connectivity index (χ2v) is 7.23. The molecule has 0 atom stereocenters. The number of halogens is 1. The van der Waals surface area contributed by atoms with E-state index in [1.165, 1.54) is 14.0 Å². The third kappa shape index (κ3) is 4.30. The SMILES string of the molecule is COc1ccc(C(C)=O)cc1NC(=O)c1nnn(-c2ccc(Cl)cc2)c1C(C)C. The number of hydrogen-bond acceptors (Lipinski definition) is 5. The first-order valence-corrected chi connectivity index (χ1v) is 9.41. The van der Waals surface area contributed by atoms with E-state index in [-0.39, 0.29) is 17.4 Å². The zero-order valence-corrected chi connectivity index (χ0v) is 17.3. The van der Waals surface area contributed by atoms with Crippen molar-refractivity contribution in [3.8, 4) is 11.4 Å². The summed E-state index contributed by atoms with van der Waals surface area (Å²) < 4.78 is 6.92. The lowest BCUT2D eigenvalue weighted by Crippen LogP contribution is -2.17. The van der Waals surface area contributed by atoms with E-state index < -0.39 is 5.91 Å². The lowest BCUT2D eigenvalue weighted by molar-refractivity contribution is 0.100. The Kier molecular flexibility index (Phi) is 5.98. The van der Waals surface area contributed by atoms with Crippen molar-refractivity contribution in [1.82, 2.24) is 15.0 Å². The molecule has 0 fully saturated rings. The lowest BCUT2D eigenvalue weighted by Gasteiger charge is -2.13. The number of amides is 1. The molecule has 0 spiro atoms. The van der Waals surface area contributed by atoms with E-state index in [0.717, 1.165) is 5.69 Å². The van der Waals surface area contributed by atoms with E-state index in [2.05, 4.69) is 15.6 Å². The maximum absolute atomic E-state index is 13.0. The molecule has 7 nitrogen and oxygen atoms in total. The average molecular weight is 413 g/mol. The monoisotopic (exact) mass is 412 g/mol. The van der Waals surface area contributed by atoms with Gasteiger partial charge >= 0.3 is 0 Å². The van der Waals surface area contributed by atoms with Gasteiger partial charge in [0.2, 0.25) is 0 Å². The molecule has 8 heteroatoms. The van der Waals surface area contributed by atoms with Crippen LogP contribution in [0.3, 0.4) is 0 Å². The van der Waals surface area contributed by atoms with Crippen LogP contribution in [0.5, 0.6) is 5.75 Å². The van der Waals surface area contributed by atoms with Crippen LogP contribution < -0.4 is 10.1 Å². The Hall–Kier alpha value is -3.19. The summed E-state index contributed by atoms with van der Waals surface area (Å²) in [6.07, 6.45) is 0. The standard InChI is InChI=1S/C21H21ClN4O3/c1-12(2)20-19(24-25-26(20)16-8-6-15(22)7-9-16)21(28)23-17-11-14(13(3)27)5-10-18(17)29-4/h5-12H,1-4H3,(H,23,28). The molecule has 0 aliphatic carbocycles. The predicted molar refractivity (Wildman–Crippen MR) is 111 cm³/mol. The largest absolute Gasteiger partial charge is 0.495 e. The third-order valence-electron chi connectivity index (χ3n) is 4.39. The lowest BCUT2D eigenvalue weighted by atomic mass is 10.1. The number of methoxy groups -OCH3 is 1. The number of nitrogens with zero attached hydrogens (tertiary/aromatic N) is 3. The highest BCUT2D eigenvalue weighted by Gasteiger charge is 2.24. The molecule has 150 valence electrons. The van der Waals surface area contributed by atoms with Gasteiger partial charge in [-0.2, -0.15) is 0 Å². The van der Waals surface area contributed by atoms with E-state index in [1.807, 2.05) is 26.0 Å². The minimum absolute atomic E-state index is 0.0214. The fourth-order valence-corrected chi connectivity index (χ4v) is 3.07. The minimum atomic E-state index is -0.437. The Balaban J connectivity index is 1.99. The van der Waals surface area contributed by atoms with Crippen LogP contribution in [0.4, 0.5) is 5.69 Å². The molecule has 2 aromatic carbocycles. The number of aromatic nitrogens is 3. The van der Waals surface area contributed by atoms with Gasteiger partial charge in [0, 0.05) is 10.6 Å². The van der Waals surface area contributed by atoms with Gasteiger partial charge < -0.3 is 10.1 Å². The third-order valence-corrected chi connectivity index (χ3v) is 4.64. The summed E-state index contributed by atoms with van der Waals surface area (Å²) >= 11 is 5.97. The highest BCUT2D eigenvalue weighted by atomic mass is 35.5. The summed E-state index contributed by atoms with van der Waals surface area (Å²) in [6.45, 7) is 5.37. The number of ketones is 1. The zero-order valence-electron chi connectivity index (χ0n) is 16.6. The molecule has 1 amide bonds. The molecule has 0 unspecified atom stereocenters. The van der Waals surface area contributed by atoms with E-state index in [4.69, 9.17) is 16.3 Å². The summed E-state index contributed by atoms with van der Waals surface area (Å²) in [5.41, 5.74) is 2.47. The van der Waals surface area contributed by atoms with Crippen molar-refractivity contribution in [1.29, 1.82) is 0 Å². The number of benzene rings is 2. The van der Waals surface area contributed by atoms with Gasteiger partial charge in [-0.3, -0.25) is 9.59 Å². The molecule has 29 heavy (non-hydrogen) atoms. The second-order valence-electron chi connectivity index (χ2n) is 6.79.